The normalized spacial score (nSPS) is 13.1. The molecule has 1 amide bonds. The van der Waals surface area contributed by atoms with E-state index >= 15 is 0 Å². The smallest absolute Gasteiger partial charge is 0.235 e. The molecule has 18 heavy (non-hydrogen) atoms. The van der Waals surface area contributed by atoms with Gasteiger partial charge in [-0.1, -0.05) is 24.6 Å². The standard InChI is InChI=1S/C12H16FN3O2/c1-2-4-10(11(14)16-18)12(17)15-9-6-3-5-8(13)7-9/h3,5-7,10,18H,2,4H2,1H3,(H2,14,16)(H,15,17). The monoisotopic (exact) mass is 253 g/mol. The number of rotatable bonds is 5. The Hall–Kier alpha value is -2.11. The van der Waals surface area contributed by atoms with Crippen LogP contribution in [-0.4, -0.2) is 17.0 Å². The lowest BCUT2D eigenvalue weighted by Gasteiger charge is -2.14. The lowest BCUT2D eigenvalue weighted by atomic mass is 10.0. The van der Waals surface area contributed by atoms with Gasteiger partial charge >= 0.3 is 0 Å². The molecule has 0 bridgehead atoms. The number of halogens is 1. The van der Waals surface area contributed by atoms with Crippen LogP contribution in [0.25, 0.3) is 0 Å². The van der Waals surface area contributed by atoms with Crippen molar-refractivity contribution >= 4 is 17.4 Å². The Kier molecular flexibility index (Phi) is 5.10. The van der Waals surface area contributed by atoms with Crippen molar-refractivity contribution in [1.82, 2.24) is 0 Å². The third kappa shape index (κ3) is 3.73. The molecular weight excluding hydrogens is 237 g/mol. The highest BCUT2D eigenvalue weighted by Gasteiger charge is 2.22. The van der Waals surface area contributed by atoms with Crippen LogP contribution in [0.3, 0.4) is 0 Å². The summed E-state index contributed by atoms with van der Waals surface area (Å²) in [5.41, 5.74) is 5.79. The zero-order chi connectivity index (χ0) is 13.5. The average molecular weight is 253 g/mol. The molecule has 0 saturated heterocycles. The molecule has 0 heterocycles. The first-order valence-electron chi connectivity index (χ1n) is 5.62. The number of hydrogen-bond donors (Lipinski definition) is 3. The van der Waals surface area contributed by atoms with E-state index in [9.17, 15) is 9.18 Å². The number of carbonyl (C=O) groups is 1. The van der Waals surface area contributed by atoms with Crippen molar-refractivity contribution in [3.05, 3.63) is 30.1 Å². The maximum absolute atomic E-state index is 13.0. The van der Waals surface area contributed by atoms with E-state index in [-0.39, 0.29) is 5.84 Å². The second-order valence-corrected chi connectivity index (χ2v) is 3.87. The number of nitrogens with one attached hydrogen (secondary N) is 1. The highest BCUT2D eigenvalue weighted by molar-refractivity contribution is 6.07. The van der Waals surface area contributed by atoms with Crippen LogP contribution in [0.2, 0.25) is 0 Å². The van der Waals surface area contributed by atoms with E-state index in [2.05, 4.69) is 10.5 Å². The van der Waals surface area contributed by atoms with Crippen molar-refractivity contribution in [3.63, 3.8) is 0 Å². The molecule has 1 aromatic carbocycles. The van der Waals surface area contributed by atoms with Crippen LogP contribution in [0.1, 0.15) is 19.8 Å². The second-order valence-electron chi connectivity index (χ2n) is 3.87. The quantitative estimate of drug-likeness (QED) is 0.324. The van der Waals surface area contributed by atoms with Crippen LogP contribution in [-0.2, 0) is 4.79 Å². The molecule has 0 fully saturated rings. The summed E-state index contributed by atoms with van der Waals surface area (Å²) in [5, 5.41) is 14.0. The van der Waals surface area contributed by atoms with Gasteiger partial charge in [0.2, 0.25) is 5.91 Å². The first-order valence-corrected chi connectivity index (χ1v) is 5.62. The van der Waals surface area contributed by atoms with Crippen LogP contribution >= 0.6 is 0 Å². The number of anilines is 1. The number of amidine groups is 1. The van der Waals surface area contributed by atoms with E-state index in [0.29, 0.717) is 18.5 Å². The van der Waals surface area contributed by atoms with Gasteiger partial charge in [-0.25, -0.2) is 4.39 Å². The van der Waals surface area contributed by atoms with Gasteiger partial charge < -0.3 is 16.3 Å². The number of hydrogen-bond acceptors (Lipinski definition) is 3. The summed E-state index contributed by atoms with van der Waals surface area (Å²) in [6.45, 7) is 1.88. The summed E-state index contributed by atoms with van der Waals surface area (Å²) in [6, 6.07) is 5.54. The summed E-state index contributed by atoms with van der Waals surface area (Å²) < 4.78 is 13.0. The Morgan fingerprint density at radius 2 is 2.33 bits per heavy atom. The summed E-state index contributed by atoms with van der Waals surface area (Å²) in [5.74, 6) is -1.73. The topological polar surface area (TPSA) is 87.7 Å². The molecule has 4 N–H and O–H groups in total. The molecule has 0 spiro atoms. The van der Waals surface area contributed by atoms with E-state index in [4.69, 9.17) is 10.9 Å². The van der Waals surface area contributed by atoms with E-state index in [0.717, 1.165) is 0 Å². The highest BCUT2D eigenvalue weighted by Crippen LogP contribution is 2.13. The fraction of sp³-hybridized carbons (Fsp3) is 0.333. The van der Waals surface area contributed by atoms with Gasteiger partial charge in [0.1, 0.15) is 5.82 Å². The van der Waals surface area contributed by atoms with E-state index in [1.165, 1.54) is 18.2 Å². The first-order chi connectivity index (χ1) is 8.58. The van der Waals surface area contributed by atoms with Crippen molar-refractivity contribution in [2.45, 2.75) is 19.8 Å². The van der Waals surface area contributed by atoms with Gasteiger partial charge in [-0.3, -0.25) is 4.79 Å². The van der Waals surface area contributed by atoms with Crippen LogP contribution in [0, 0.1) is 11.7 Å². The molecule has 5 nitrogen and oxygen atoms in total. The molecule has 0 aliphatic heterocycles. The molecule has 1 aromatic rings. The molecule has 1 atom stereocenters. The lowest BCUT2D eigenvalue weighted by Crippen LogP contribution is -2.34. The molecule has 6 heteroatoms. The molecule has 0 aromatic heterocycles. The maximum atomic E-state index is 13.0. The molecular formula is C12H16FN3O2. The van der Waals surface area contributed by atoms with Crippen molar-refractivity contribution in [1.29, 1.82) is 0 Å². The zero-order valence-corrected chi connectivity index (χ0v) is 10.1. The van der Waals surface area contributed by atoms with Crippen LogP contribution in [0.5, 0.6) is 0 Å². The molecule has 1 unspecified atom stereocenters. The predicted octanol–water partition coefficient (Wildman–Crippen LogP) is 1.93. The van der Waals surface area contributed by atoms with E-state index < -0.39 is 17.6 Å². The Morgan fingerprint density at radius 3 is 2.89 bits per heavy atom. The molecule has 0 radical (unpaired) electrons. The van der Waals surface area contributed by atoms with Crippen molar-refractivity contribution in [2.24, 2.45) is 16.8 Å². The number of amides is 1. The third-order valence-corrected chi connectivity index (χ3v) is 2.46. The largest absolute Gasteiger partial charge is 0.409 e. The van der Waals surface area contributed by atoms with E-state index in [1.807, 2.05) is 6.92 Å². The minimum absolute atomic E-state index is 0.147. The highest BCUT2D eigenvalue weighted by atomic mass is 19.1. The summed E-state index contributed by atoms with van der Waals surface area (Å²) >= 11 is 0. The predicted molar refractivity (Wildman–Crippen MR) is 66.8 cm³/mol. The Balaban J connectivity index is 2.79. The first kappa shape index (κ1) is 14.0. The van der Waals surface area contributed by atoms with Crippen molar-refractivity contribution in [3.8, 4) is 0 Å². The number of nitrogens with two attached hydrogens (primary N) is 1. The zero-order valence-electron chi connectivity index (χ0n) is 10.1. The third-order valence-electron chi connectivity index (χ3n) is 2.46. The second kappa shape index (κ2) is 6.58. The van der Waals surface area contributed by atoms with Gasteiger partial charge in [-0.2, -0.15) is 0 Å². The van der Waals surface area contributed by atoms with Crippen molar-refractivity contribution in [2.75, 3.05) is 5.32 Å². The van der Waals surface area contributed by atoms with Gasteiger partial charge in [0, 0.05) is 5.69 Å². The van der Waals surface area contributed by atoms with Gasteiger partial charge in [0.15, 0.2) is 5.84 Å². The average Bonchev–Trinajstić information content (AvgIpc) is 2.35. The van der Waals surface area contributed by atoms with E-state index in [1.54, 1.807) is 6.07 Å². The summed E-state index contributed by atoms with van der Waals surface area (Å²) in [7, 11) is 0. The van der Waals surface area contributed by atoms with Gasteiger partial charge in [-0.05, 0) is 24.6 Å². The SMILES string of the molecule is CCCC(C(=O)Nc1cccc(F)c1)C(N)=NO. The van der Waals surface area contributed by atoms with Gasteiger partial charge in [-0.15, -0.1) is 0 Å². The van der Waals surface area contributed by atoms with Crippen LogP contribution < -0.4 is 11.1 Å². The number of oxime groups is 1. The maximum Gasteiger partial charge on any atom is 0.235 e. The molecule has 0 aliphatic rings. The minimum atomic E-state index is -0.719. The fourth-order valence-electron chi connectivity index (χ4n) is 1.57. The molecule has 1 rings (SSSR count). The minimum Gasteiger partial charge on any atom is -0.409 e. The molecule has 0 aliphatic carbocycles. The van der Waals surface area contributed by atoms with Crippen LogP contribution in [0.15, 0.2) is 29.4 Å². The van der Waals surface area contributed by atoms with Gasteiger partial charge in [0.05, 0.1) is 5.92 Å². The summed E-state index contributed by atoms with van der Waals surface area (Å²) in [6.07, 6.45) is 1.16. The fourth-order valence-corrected chi connectivity index (χ4v) is 1.57. The number of benzene rings is 1. The lowest BCUT2D eigenvalue weighted by molar-refractivity contribution is -0.118. The van der Waals surface area contributed by atoms with Gasteiger partial charge in [0.25, 0.3) is 0 Å². The Bertz CT molecular complexity index is 449. The molecule has 98 valence electrons. The Morgan fingerprint density at radius 1 is 1.61 bits per heavy atom. The number of carbonyl (C=O) groups excluding carboxylic acids is 1. The van der Waals surface area contributed by atoms with Crippen molar-refractivity contribution < 1.29 is 14.4 Å². The Labute approximate surface area is 104 Å². The molecule has 0 saturated carbocycles. The summed E-state index contributed by atoms with van der Waals surface area (Å²) in [4.78, 5) is 11.9. The number of nitrogens with zero attached hydrogens (tertiary/aromatic N) is 1. The van der Waals surface area contributed by atoms with Crippen LogP contribution in [0.4, 0.5) is 10.1 Å².